The first-order valence-corrected chi connectivity index (χ1v) is 8.32. The van der Waals surface area contributed by atoms with E-state index < -0.39 is 29.2 Å². The molecule has 8 heteroatoms. The van der Waals surface area contributed by atoms with Gasteiger partial charge in [-0.1, -0.05) is 36.4 Å². The van der Waals surface area contributed by atoms with Gasteiger partial charge in [0.15, 0.2) is 0 Å². The fraction of sp³-hybridized carbons (Fsp3) is 0.200. The number of carbonyl (C=O) groups excluding carboxylic acids is 2. The number of nitrogens with one attached hydrogen (secondary N) is 2. The molecule has 1 aromatic heterocycles. The number of fused-ring (bicyclic) bond motifs is 1. The van der Waals surface area contributed by atoms with Gasteiger partial charge < -0.3 is 15.0 Å². The quantitative estimate of drug-likeness (QED) is 0.665. The number of carbonyl (C=O) groups is 2. The number of H-pyrrole nitrogens is 1. The van der Waals surface area contributed by atoms with Gasteiger partial charge in [-0.3, -0.25) is 4.79 Å². The number of aromatic amines is 1. The van der Waals surface area contributed by atoms with Crippen molar-refractivity contribution in [2.24, 2.45) is 0 Å². The van der Waals surface area contributed by atoms with Crippen LogP contribution in [0, 0.1) is 6.92 Å². The van der Waals surface area contributed by atoms with Crippen LogP contribution in [-0.4, -0.2) is 30.1 Å². The highest BCUT2D eigenvalue weighted by atomic mass is 19.4. The highest BCUT2D eigenvalue weighted by Crippen LogP contribution is 2.43. The molecule has 1 amide bonds. The van der Waals surface area contributed by atoms with E-state index in [9.17, 15) is 22.8 Å². The predicted molar refractivity (Wildman–Crippen MR) is 96.7 cm³/mol. The number of aromatic nitrogens is 1. The van der Waals surface area contributed by atoms with Crippen LogP contribution in [0.3, 0.4) is 0 Å². The summed E-state index contributed by atoms with van der Waals surface area (Å²) in [7, 11) is 0.845. The van der Waals surface area contributed by atoms with Gasteiger partial charge in [-0.05, 0) is 24.6 Å². The van der Waals surface area contributed by atoms with Crippen LogP contribution in [0.1, 0.15) is 21.5 Å². The highest BCUT2D eigenvalue weighted by molar-refractivity contribution is 6.02. The molecule has 5 nitrogen and oxygen atoms in total. The minimum absolute atomic E-state index is 0.0277. The number of esters is 1. The van der Waals surface area contributed by atoms with Crippen molar-refractivity contribution in [1.29, 1.82) is 0 Å². The van der Waals surface area contributed by atoms with Gasteiger partial charge in [0.05, 0.1) is 7.11 Å². The summed E-state index contributed by atoms with van der Waals surface area (Å²) < 4.78 is 47.5. The topological polar surface area (TPSA) is 71.2 Å². The monoisotopic (exact) mass is 390 g/mol. The molecule has 0 aliphatic rings. The zero-order chi connectivity index (χ0) is 20.5. The minimum atomic E-state index is -5.16. The second kappa shape index (κ2) is 7.03. The lowest BCUT2D eigenvalue weighted by atomic mass is 9.87. The van der Waals surface area contributed by atoms with Gasteiger partial charge in [0.25, 0.3) is 11.4 Å². The van der Waals surface area contributed by atoms with Crippen molar-refractivity contribution >= 4 is 22.8 Å². The number of para-hydroxylation sites is 1. The number of benzene rings is 2. The number of rotatable bonds is 4. The van der Waals surface area contributed by atoms with Crippen LogP contribution >= 0.6 is 0 Å². The number of ether oxygens (including phenoxy) is 1. The van der Waals surface area contributed by atoms with E-state index in [4.69, 9.17) is 0 Å². The average Bonchev–Trinajstić information content (AvgIpc) is 3.09. The Labute approximate surface area is 158 Å². The van der Waals surface area contributed by atoms with Crippen LogP contribution in [0.15, 0.2) is 54.7 Å². The zero-order valence-corrected chi connectivity index (χ0v) is 15.1. The van der Waals surface area contributed by atoms with Crippen LogP contribution < -0.4 is 5.32 Å². The first-order chi connectivity index (χ1) is 13.2. The van der Waals surface area contributed by atoms with E-state index in [0.717, 1.165) is 13.3 Å². The van der Waals surface area contributed by atoms with Crippen molar-refractivity contribution in [2.75, 3.05) is 7.11 Å². The zero-order valence-electron chi connectivity index (χ0n) is 15.1. The van der Waals surface area contributed by atoms with Crippen LogP contribution in [0.4, 0.5) is 13.2 Å². The Kier molecular flexibility index (Phi) is 4.89. The maximum absolute atomic E-state index is 14.4. The van der Waals surface area contributed by atoms with Crippen molar-refractivity contribution in [3.8, 4) is 0 Å². The van der Waals surface area contributed by atoms with E-state index >= 15 is 0 Å². The Morgan fingerprint density at radius 2 is 1.68 bits per heavy atom. The van der Waals surface area contributed by atoms with Gasteiger partial charge in [-0.25, -0.2) is 4.79 Å². The third kappa shape index (κ3) is 3.00. The Balaban J connectivity index is 2.24. The highest BCUT2D eigenvalue weighted by Gasteiger charge is 2.65. The molecule has 0 saturated carbocycles. The molecule has 2 aromatic carbocycles. The van der Waals surface area contributed by atoms with Crippen LogP contribution in [0.25, 0.3) is 10.9 Å². The molecule has 0 fully saturated rings. The molecule has 0 aliphatic heterocycles. The molecule has 0 spiro atoms. The number of aryl methyl sites for hydroxylation is 1. The SMILES string of the molecule is COC(=O)C(NC(=O)c1ccccc1C)(c1c[nH]c2ccccc12)C(F)(F)F. The van der Waals surface area contributed by atoms with Crippen molar-refractivity contribution in [1.82, 2.24) is 10.3 Å². The third-order valence-electron chi connectivity index (χ3n) is 4.60. The Bertz CT molecular complexity index is 1040. The summed E-state index contributed by atoms with van der Waals surface area (Å²) in [6, 6.07) is 12.4. The van der Waals surface area contributed by atoms with Gasteiger partial charge >= 0.3 is 12.1 Å². The molecular weight excluding hydrogens is 373 g/mol. The third-order valence-corrected chi connectivity index (χ3v) is 4.60. The number of hydrogen-bond acceptors (Lipinski definition) is 3. The Morgan fingerprint density at radius 3 is 2.32 bits per heavy atom. The fourth-order valence-electron chi connectivity index (χ4n) is 3.17. The second-order valence-electron chi connectivity index (χ2n) is 6.26. The van der Waals surface area contributed by atoms with Crippen molar-refractivity contribution in [3.05, 3.63) is 71.4 Å². The number of halogens is 3. The summed E-state index contributed by atoms with van der Waals surface area (Å²) in [6.45, 7) is 1.59. The molecule has 0 radical (unpaired) electrons. The Morgan fingerprint density at radius 1 is 1.04 bits per heavy atom. The first kappa shape index (κ1) is 19.5. The molecule has 2 N–H and O–H groups in total. The number of amides is 1. The first-order valence-electron chi connectivity index (χ1n) is 8.32. The van der Waals surface area contributed by atoms with E-state index in [1.54, 1.807) is 37.3 Å². The van der Waals surface area contributed by atoms with E-state index in [2.05, 4.69) is 9.72 Å². The molecule has 146 valence electrons. The van der Waals surface area contributed by atoms with E-state index in [0.29, 0.717) is 11.1 Å². The van der Waals surface area contributed by atoms with E-state index in [1.165, 1.54) is 18.2 Å². The van der Waals surface area contributed by atoms with Crippen molar-refractivity contribution < 1.29 is 27.5 Å². The number of methoxy groups -OCH3 is 1. The van der Waals surface area contributed by atoms with E-state index in [-0.39, 0.29) is 10.9 Å². The fourth-order valence-corrected chi connectivity index (χ4v) is 3.17. The van der Waals surface area contributed by atoms with Gasteiger partial charge in [0, 0.05) is 28.2 Å². The lowest BCUT2D eigenvalue weighted by Crippen LogP contribution is -2.61. The molecular formula is C20H17F3N2O3. The molecule has 3 aromatic rings. The van der Waals surface area contributed by atoms with Gasteiger partial charge in [-0.2, -0.15) is 13.2 Å². The second-order valence-corrected chi connectivity index (χ2v) is 6.26. The summed E-state index contributed by atoms with van der Waals surface area (Å²) in [6.07, 6.45) is -4.10. The molecule has 0 aliphatic carbocycles. The molecule has 28 heavy (non-hydrogen) atoms. The van der Waals surface area contributed by atoms with Crippen LogP contribution in [0.5, 0.6) is 0 Å². The summed E-state index contributed by atoms with van der Waals surface area (Å²) in [5.74, 6) is -2.67. The molecule has 1 unspecified atom stereocenters. The van der Waals surface area contributed by atoms with Crippen molar-refractivity contribution in [3.63, 3.8) is 0 Å². The van der Waals surface area contributed by atoms with Gasteiger partial charge in [0.1, 0.15) is 0 Å². The minimum Gasteiger partial charge on any atom is -0.467 e. The molecule has 3 rings (SSSR count). The molecule has 1 atom stereocenters. The van der Waals surface area contributed by atoms with E-state index in [1.807, 2.05) is 5.32 Å². The Hall–Kier alpha value is -3.29. The lowest BCUT2D eigenvalue weighted by molar-refractivity contribution is -0.212. The summed E-state index contributed by atoms with van der Waals surface area (Å²) in [5.41, 5.74) is -2.93. The largest absolute Gasteiger partial charge is 0.467 e. The standard InChI is InChI=1S/C20H17F3N2O3/c1-12-7-3-4-8-13(12)17(26)25-19(18(27)28-2,20(21,22)23)15-11-24-16-10-6-5-9-14(15)16/h3-11,24H,1-2H3,(H,25,26). The summed E-state index contributed by atoms with van der Waals surface area (Å²) in [4.78, 5) is 28.0. The maximum Gasteiger partial charge on any atom is 0.426 e. The number of hydrogen-bond donors (Lipinski definition) is 2. The molecule has 1 heterocycles. The van der Waals surface area contributed by atoms with Gasteiger partial charge in [0.2, 0.25) is 0 Å². The normalized spacial score (nSPS) is 13.8. The summed E-state index contributed by atoms with van der Waals surface area (Å²) >= 11 is 0. The lowest BCUT2D eigenvalue weighted by Gasteiger charge is -2.33. The van der Waals surface area contributed by atoms with Crippen LogP contribution in [-0.2, 0) is 15.1 Å². The summed E-state index contributed by atoms with van der Waals surface area (Å²) in [5, 5.41) is 2.06. The molecule has 0 bridgehead atoms. The van der Waals surface area contributed by atoms with Crippen LogP contribution in [0.2, 0.25) is 0 Å². The van der Waals surface area contributed by atoms with Gasteiger partial charge in [-0.15, -0.1) is 0 Å². The maximum atomic E-state index is 14.4. The number of alkyl halides is 3. The predicted octanol–water partition coefficient (Wildman–Crippen LogP) is 3.84. The molecule has 0 saturated heterocycles. The smallest absolute Gasteiger partial charge is 0.426 e. The average molecular weight is 390 g/mol. The van der Waals surface area contributed by atoms with Crippen molar-refractivity contribution in [2.45, 2.75) is 18.6 Å².